The first kappa shape index (κ1) is 17.3. The fraction of sp³-hybridized carbons (Fsp3) is 0.882. The van der Waals surface area contributed by atoms with Gasteiger partial charge >= 0.3 is 5.97 Å². The standard InChI is InChI=1S/C17H29NO4/c1-13-7-3-4-8-14(13)22-11-15(19)18-12-17(16(20)21)9-5-2-6-10-17/h13-14H,2-12H2,1H3,(H,18,19)(H,20,21). The molecule has 0 spiro atoms. The average molecular weight is 311 g/mol. The van der Waals surface area contributed by atoms with Crippen LogP contribution in [0.15, 0.2) is 0 Å². The number of nitrogens with one attached hydrogen (secondary N) is 1. The highest BCUT2D eigenvalue weighted by Crippen LogP contribution is 2.36. The normalized spacial score (nSPS) is 28.0. The van der Waals surface area contributed by atoms with Crippen molar-refractivity contribution in [3.63, 3.8) is 0 Å². The van der Waals surface area contributed by atoms with Gasteiger partial charge in [0.25, 0.3) is 0 Å². The van der Waals surface area contributed by atoms with Gasteiger partial charge in [-0.05, 0) is 31.6 Å². The molecule has 0 aliphatic heterocycles. The Morgan fingerprint density at radius 2 is 1.82 bits per heavy atom. The van der Waals surface area contributed by atoms with Crippen LogP contribution in [-0.2, 0) is 14.3 Å². The van der Waals surface area contributed by atoms with Gasteiger partial charge < -0.3 is 15.2 Å². The maximum atomic E-state index is 12.0. The lowest BCUT2D eigenvalue weighted by Gasteiger charge is -2.33. The minimum Gasteiger partial charge on any atom is -0.481 e. The molecule has 1 amide bonds. The third-order valence-corrected chi connectivity index (χ3v) is 5.35. The Morgan fingerprint density at radius 1 is 1.14 bits per heavy atom. The van der Waals surface area contributed by atoms with Crippen LogP contribution in [0, 0.1) is 11.3 Å². The van der Waals surface area contributed by atoms with E-state index in [-0.39, 0.29) is 25.2 Å². The lowest BCUT2D eigenvalue weighted by molar-refractivity contribution is -0.151. The smallest absolute Gasteiger partial charge is 0.311 e. The lowest BCUT2D eigenvalue weighted by atomic mass is 9.74. The highest BCUT2D eigenvalue weighted by atomic mass is 16.5. The van der Waals surface area contributed by atoms with E-state index in [4.69, 9.17) is 4.74 Å². The van der Waals surface area contributed by atoms with Crippen LogP contribution in [0.3, 0.4) is 0 Å². The van der Waals surface area contributed by atoms with Crippen molar-refractivity contribution < 1.29 is 19.4 Å². The van der Waals surface area contributed by atoms with Gasteiger partial charge in [-0.3, -0.25) is 9.59 Å². The minimum atomic E-state index is -0.783. The predicted molar refractivity (Wildman–Crippen MR) is 83.5 cm³/mol. The fourth-order valence-corrected chi connectivity index (χ4v) is 3.73. The molecule has 2 atom stereocenters. The van der Waals surface area contributed by atoms with Crippen LogP contribution in [0.5, 0.6) is 0 Å². The molecule has 5 heteroatoms. The summed E-state index contributed by atoms with van der Waals surface area (Å²) in [5.74, 6) is -0.469. The summed E-state index contributed by atoms with van der Waals surface area (Å²) in [5.41, 5.74) is -0.772. The molecular weight excluding hydrogens is 282 g/mol. The molecule has 2 saturated carbocycles. The van der Waals surface area contributed by atoms with Gasteiger partial charge in [0.05, 0.1) is 11.5 Å². The summed E-state index contributed by atoms with van der Waals surface area (Å²) in [4.78, 5) is 23.5. The van der Waals surface area contributed by atoms with Crippen molar-refractivity contribution in [1.82, 2.24) is 5.32 Å². The van der Waals surface area contributed by atoms with Crippen molar-refractivity contribution in [1.29, 1.82) is 0 Å². The zero-order valence-corrected chi connectivity index (χ0v) is 13.6. The summed E-state index contributed by atoms with van der Waals surface area (Å²) in [7, 11) is 0. The molecule has 0 aromatic heterocycles. The Kier molecular flexibility index (Phi) is 6.24. The van der Waals surface area contributed by atoms with Gasteiger partial charge in [-0.15, -0.1) is 0 Å². The van der Waals surface area contributed by atoms with Gasteiger partial charge in [-0.1, -0.05) is 39.0 Å². The van der Waals surface area contributed by atoms with Crippen molar-refractivity contribution in [3.8, 4) is 0 Å². The van der Waals surface area contributed by atoms with Crippen molar-refractivity contribution in [2.75, 3.05) is 13.2 Å². The van der Waals surface area contributed by atoms with Crippen molar-refractivity contribution in [2.45, 2.75) is 70.8 Å². The number of carbonyl (C=O) groups excluding carboxylic acids is 1. The maximum absolute atomic E-state index is 12.0. The largest absolute Gasteiger partial charge is 0.481 e. The van der Waals surface area contributed by atoms with Crippen LogP contribution in [0.25, 0.3) is 0 Å². The van der Waals surface area contributed by atoms with Gasteiger partial charge in [0, 0.05) is 6.54 Å². The zero-order chi connectivity index (χ0) is 16.0. The maximum Gasteiger partial charge on any atom is 0.311 e. The highest BCUT2D eigenvalue weighted by molar-refractivity contribution is 5.79. The molecule has 2 N–H and O–H groups in total. The molecule has 2 unspecified atom stereocenters. The van der Waals surface area contributed by atoms with E-state index in [1.807, 2.05) is 0 Å². The molecule has 0 aromatic carbocycles. The molecule has 5 nitrogen and oxygen atoms in total. The summed E-state index contributed by atoms with van der Waals surface area (Å²) in [5, 5.41) is 12.3. The molecule has 2 aliphatic carbocycles. The zero-order valence-electron chi connectivity index (χ0n) is 13.6. The van der Waals surface area contributed by atoms with Crippen molar-refractivity contribution in [2.24, 2.45) is 11.3 Å². The third kappa shape index (κ3) is 4.45. The number of carboxylic acid groups (broad SMARTS) is 1. The summed E-state index contributed by atoms with van der Waals surface area (Å²) in [6.45, 7) is 2.44. The number of ether oxygens (including phenoxy) is 1. The number of amides is 1. The Labute approximate surface area is 132 Å². The van der Waals surface area contributed by atoms with Crippen LogP contribution >= 0.6 is 0 Å². The number of hydrogen-bond acceptors (Lipinski definition) is 3. The van der Waals surface area contributed by atoms with Crippen molar-refractivity contribution in [3.05, 3.63) is 0 Å². The summed E-state index contributed by atoms with van der Waals surface area (Å²) >= 11 is 0. The molecule has 2 aliphatic rings. The molecule has 2 fully saturated rings. The first-order valence-corrected chi connectivity index (χ1v) is 8.65. The second kappa shape index (κ2) is 7.95. The third-order valence-electron chi connectivity index (χ3n) is 5.35. The quantitative estimate of drug-likeness (QED) is 0.791. The lowest BCUT2D eigenvalue weighted by Crippen LogP contribution is -2.45. The number of aliphatic carboxylic acids is 1. The molecule has 0 bridgehead atoms. The summed E-state index contributed by atoms with van der Waals surface area (Å²) < 4.78 is 5.73. The molecule has 126 valence electrons. The SMILES string of the molecule is CC1CCCCC1OCC(=O)NCC1(C(=O)O)CCCCC1. The highest BCUT2D eigenvalue weighted by Gasteiger charge is 2.39. The van der Waals surface area contributed by atoms with Crippen LogP contribution < -0.4 is 5.32 Å². The number of hydrogen-bond donors (Lipinski definition) is 2. The monoisotopic (exact) mass is 311 g/mol. The number of carbonyl (C=O) groups is 2. The van der Waals surface area contributed by atoms with E-state index in [9.17, 15) is 14.7 Å². The van der Waals surface area contributed by atoms with Crippen LogP contribution in [0.1, 0.15) is 64.7 Å². The topological polar surface area (TPSA) is 75.6 Å². The summed E-state index contributed by atoms with van der Waals surface area (Å²) in [6.07, 6.45) is 9.02. The van der Waals surface area contributed by atoms with Crippen LogP contribution in [0.2, 0.25) is 0 Å². The van der Waals surface area contributed by atoms with Gasteiger partial charge in [0.15, 0.2) is 0 Å². The fourth-order valence-electron chi connectivity index (χ4n) is 3.73. The number of rotatable bonds is 6. The van der Waals surface area contributed by atoms with Gasteiger partial charge in [-0.2, -0.15) is 0 Å². The first-order valence-electron chi connectivity index (χ1n) is 8.65. The molecule has 0 aromatic rings. The molecule has 0 saturated heterocycles. The first-order chi connectivity index (χ1) is 10.5. The van der Waals surface area contributed by atoms with Crippen LogP contribution in [0.4, 0.5) is 0 Å². The van der Waals surface area contributed by atoms with Gasteiger partial charge in [0.1, 0.15) is 6.61 Å². The Balaban J connectivity index is 1.75. The predicted octanol–water partition coefficient (Wildman–Crippen LogP) is 2.73. The second-order valence-electron chi connectivity index (χ2n) is 7.03. The van der Waals surface area contributed by atoms with E-state index >= 15 is 0 Å². The van der Waals surface area contributed by atoms with Crippen molar-refractivity contribution >= 4 is 11.9 Å². The van der Waals surface area contributed by atoms with Gasteiger partial charge in [0.2, 0.25) is 5.91 Å². The Morgan fingerprint density at radius 3 is 2.45 bits per heavy atom. The number of carboxylic acids is 1. The summed E-state index contributed by atoms with van der Waals surface area (Å²) in [6, 6.07) is 0. The van der Waals surface area contributed by atoms with E-state index in [0.717, 1.165) is 32.1 Å². The van der Waals surface area contributed by atoms with Gasteiger partial charge in [-0.25, -0.2) is 0 Å². The molecule has 2 rings (SSSR count). The van der Waals surface area contributed by atoms with Crippen LogP contribution in [-0.4, -0.2) is 36.2 Å². The molecule has 0 heterocycles. The van der Waals surface area contributed by atoms with E-state index in [1.54, 1.807) is 0 Å². The van der Waals surface area contributed by atoms with E-state index < -0.39 is 11.4 Å². The molecule has 0 radical (unpaired) electrons. The molecule has 22 heavy (non-hydrogen) atoms. The second-order valence-corrected chi connectivity index (χ2v) is 7.03. The van der Waals surface area contributed by atoms with E-state index in [0.29, 0.717) is 18.8 Å². The minimum absolute atomic E-state index is 0.0463. The van der Waals surface area contributed by atoms with E-state index in [1.165, 1.54) is 12.8 Å². The Hall–Kier alpha value is -1.10. The van der Waals surface area contributed by atoms with E-state index in [2.05, 4.69) is 12.2 Å². The Bertz CT molecular complexity index is 390. The average Bonchev–Trinajstić information content (AvgIpc) is 2.53. The molecular formula is C17H29NO4.